The van der Waals surface area contributed by atoms with Gasteiger partial charge in [-0.05, 0) is 32.0 Å². The van der Waals surface area contributed by atoms with Gasteiger partial charge in [-0.1, -0.05) is 6.07 Å². The molecule has 2 aromatic heterocycles. The summed E-state index contributed by atoms with van der Waals surface area (Å²) in [5.74, 6) is 0.370. The van der Waals surface area contributed by atoms with Crippen LogP contribution in [-0.4, -0.2) is 25.6 Å². The van der Waals surface area contributed by atoms with Crippen LogP contribution in [0.3, 0.4) is 0 Å². The third kappa shape index (κ3) is 3.85. The zero-order chi connectivity index (χ0) is 20.3. The lowest BCUT2D eigenvalue weighted by atomic mass is 10.2. The quantitative estimate of drug-likeness (QED) is 0.394. The highest BCUT2D eigenvalue weighted by Gasteiger charge is 2.12. The minimum Gasteiger partial charge on any atom is -0.318 e. The number of pyridine rings is 1. The predicted molar refractivity (Wildman–Crippen MR) is 104 cm³/mol. The maximum absolute atomic E-state index is 11.0. The largest absolute Gasteiger partial charge is 0.318 e. The van der Waals surface area contributed by atoms with Crippen LogP contribution in [0.15, 0.2) is 53.8 Å². The van der Waals surface area contributed by atoms with Gasteiger partial charge in [-0.2, -0.15) is 5.10 Å². The van der Waals surface area contributed by atoms with Crippen LogP contribution in [-0.2, 0) is 0 Å². The van der Waals surface area contributed by atoms with Gasteiger partial charge in [0.2, 0.25) is 0 Å². The van der Waals surface area contributed by atoms with Crippen molar-refractivity contribution in [3.63, 3.8) is 0 Å². The van der Waals surface area contributed by atoms with E-state index in [1.807, 2.05) is 24.5 Å². The average Bonchev–Trinajstić information content (AvgIpc) is 2.95. The van der Waals surface area contributed by atoms with Gasteiger partial charge in [0, 0.05) is 35.2 Å². The van der Waals surface area contributed by atoms with Crippen molar-refractivity contribution in [1.29, 1.82) is 0 Å². The lowest BCUT2D eigenvalue weighted by molar-refractivity contribution is -0.385. The number of nitro groups is 2. The molecule has 3 rings (SSSR count). The predicted octanol–water partition coefficient (Wildman–Crippen LogP) is 3.75. The Morgan fingerprint density at radius 2 is 1.82 bits per heavy atom. The Morgan fingerprint density at radius 3 is 2.46 bits per heavy atom. The van der Waals surface area contributed by atoms with Crippen LogP contribution >= 0.6 is 0 Å². The molecule has 3 aromatic rings. The highest BCUT2D eigenvalue weighted by molar-refractivity contribution is 5.82. The van der Waals surface area contributed by atoms with E-state index < -0.39 is 9.85 Å². The van der Waals surface area contributed by atoms with Crippen molar-refractivity contribution in [3.05, 3.63) is 85.8 Å². The van der Waals surface area contributed by atoms with Gasteiger partial charge in [0.05, 0.1) is 21.7 Å². The summed E-state index contributed by atoms with van der Waals surface area (Å²) >= 11 is 0. The number of hydrogen-bond acceptors (Lipinski definition) is 7. The SMILES string of the molecule is Cc1cc(/C=N\Nc2ccc([N+](=O)[O-])cn2)c(C)n1-c1cccc([N+](=O)[O-])c1. The van der Waals surface area contributed by atoms with Gasteiger partial charge in [-0.25, -0.2) is 4.98 Å². The zero-order valence-corrected chi connectivity index (χ0v) is 15.1. The zero-order valence-electron chi connectivity index (χ0n) is 15.1. The summed E-state index contributed by atoms with van der Waals surface area (Å²) in [5, 5.41) is 25.8. The number of hydrazone groups is 1. The molecule has 0 atom stereocenters. The smallest absolute Gasteiger partial charge is 0.287 e. The lowest BCUT2D eigenvalue weighted by Gasteiger charge is -2.09. The number of rotatable bonds is 6. The molecule has 0 fully saturated rings. The molecule has 28 heavy (non-hydrogen) atoms. The summed E-state index contributed by atoms with van der Waals surface area (Å²) in [4.78, 5) is 24.6. The minimum absolute atomic E-state index is 0.0196. The number of hydrogen-bond donors (Lipinski definition) is 1. The van der Waals surface area contributed by atoms with Crippen molar-refractivity contribution in [3.8, 4) is 5.69 Å². The van der Waals surface area contributed by atoms with E-state index in [1.165, 1.54) is 24.3 Å². The van der Waals surface area contributed by atoms with E-state index in [2.05, 4.69) is 15.5 Å². The Morgan fingerprint density at radius 1 is 1.07 bits per heavy atom. The van der Waals surface area contributed by atoms with Crippen LogP contribution in [0.25, 0.3) is 5.69 Å². The molecule has 10 heteroatoms. The number of benzene rings is 1. The first-order chi connectivity index (χ1) is 13.4. The van der Waals surface area contributed by atoms with E-state index in [4.69, 9.17) is 0 Å². The average molecular weight is 380 g/mol. The van der Waals surface area contributed by atoms with Crippen molar-refractivity contribution in [2.24, 2.45) is 5.10 Å². The minimum atomic E-state index is -0.525. The van der Waals surface area contributed by atoms with Crippen LogP contribution in [0.5, 0.6) is 0 Å². The Bertz CT molecular complexity index is 1070. The molecule has 0 radical (unpaired) electrons. The molecule has 2 heterocycles. The fraction of sp³-hybridized carbons (Fsp3) is 0.111. The summed E-state index contributed by atoms with van der Waals surface area (Å²) in [6, 6.07) is 11.1. The van der Waals surface area contributed by atoms with Gasteiger partial charge < -0.3 is 4.57 Å². The molecule has 0 aliphatic heterocycles. The number of aromatic nitrogens is 2. The fourth-order valence-electron chi connectivity index (χ4n) is 2.79. The molecule has 0 saturated carbocycles. The van der Waals surface area contributed by atoms with E-state index in [0.717, 1.165) is 23.1 Å². The summed E-state index contributed by atoms with van der Waals surface area (Å²) in [5.41, 5.74) is 5.90. The van der Waals surface area contributed by atoms with Crippen molar-refractivity contribution in [2.75, 3.05) is 5.43 Å². The molecule has 1 N–H and O–H groups in total. The van der Waals surface area contributed by atoms with Crippen LogP contribution in [0.2, 0.25) is 0 Å². The van der Waals surface area contributed by atoms with Crippen LogP contribution in [0, 0.1) is 34.1 Å². The Kier molecular flexibility index (Phi) is 5.12. The van der Waals surface area contributed by atoms with Crippen LogP contribution < -0.4 is 5.43 Å². The lowest BCUT2D eigenvalue weighted by Crippen LogP contribution is -2.01. The Hall–Kier alpha value is -4.08. The van der Waals surface area contributed by atoms with Crippen LogP contribution in [0.1, 0.15) is 17.0 Å². The highest BCUT2D eigenvalue weighted by Crippen LogP contribution is 2.23. The first-order valence-corrected chi connectivity index (χ1v) is 8.20. The maximum atomic E-state index is 11.0. The molecule has 1 aromatic carbocycles. The molecule has 0 amide bonds. The second-order valence-electron chi connectivity index (χ2n) is 5.97. The Balaban J connectivity index is 1.81. The molecule has 10 nitrogen and oxygen atoms in total. The highest BCUT2D eigenvalue weighted by atomic mass is 16.6. The van der Waals surface area contributed by atoms with Crippen molar-refractivity contribution >= 4 is 23.4 Å². The Labute approximate surface area is 159 Å². The standard InChI is InChI=1S/C18H16N6O4/c1-12-8-14(10-20-21-18-7-6-17(11-19-18)24(27)28)13(2)22(12)15-4-3-5-16(9-15)23(25)26/h3-11H,1-2H3,(H,19,21)/b20-10-. The molecule has 0 unspecified atom stereocenters. The van der Waals surface area contributed by atoms with E-state index in [1.54, 1.807) is 18.3 Å². The van der Waals surface area contributed by atoms with Gasteiger partial charge >= 0.3 is 0 Å². The summed E-state index contributed by atoms with van der Waals surface area (Å²) in [6.45, 7) is 3.78. The molecule has 0 bridgehead atoms. The van der Waals surface area contributed by atoms with E-state index in [0.29, 0.717) is 11.5 Å². The van der Waals surface area contributed by atoms with Gasteiger partial charge in [-0.15, -0.1) is 0 Å². The summed E-state index contributed by atoms with van der Waals surface area (Å²) < 4.78 is 1.90. The second-order valence-corrected chi connectivity index (χ2v) is 5.97. The van der Waals surface area contributed by atoms with Gasteiger partial charge in [-0.3, -0.25) is 25.7 Å². The van der Waals surface area contributed by atoms with Crippen molar-refractivity contribution in [1.82, 2.24) is 9.55 Å². The third-order valence-electron chi connectivity index (χ3n) is 4.11. The molecule has 0 spiro atoms. The molecule has 0 saturated heterocycles. The molecule has 142 valence electrons. The number of nitrogens with one attached hydrogen (secondary N) is 1. The third-order valence-corrected chi connectivity index (χ3v) is 4.11. The van der Waals surface area contributed by atoms with Crippen molar-refractivity contribution < 1.29 is 9.85 Å². The number of nitro benzene ring substituents is 1. The normalized spacial score (nSPS) is 10.9. The fourth-order valence-corrected chi connectivity index (χ4v) is 2.79. The first kappa shape index (κ1) is 18.7. The molecule has 0 aliphatic rings. The topological polar surface area (TPSA) is 128 Å². The van der Waals surface area contributed by atoms with Gasteiger partial charge in [0.15, 0.2) is 0 Å². The van der Waals surface area contributed by atoms with Crippen LogP contribution in [0.4, 0.5) is 17.2 Å². The number of nitrogens with zero attached hydrogens (tertiary/aromatic N) is 5. The first-order valence-electron chi connectivity index (χ1n) is 8.20. The van der Waals surface area contributed by atoms with E-state index in [9.17, 15) is 20.2 Å². The molecular formula is C18H16N6O4. The summed E-state index contributed by atoms with van der Waals surface area (Å²) in [6.07, 6.45) is 2.74. The molecular weight excluding hydrogens is 364 g/mol. The van der Waals surface area contributed by atoms with Gasteiger partial charge in [0.25, 0.3) is 11.4 Å². The van der Waals surface area contributed by atoms with E-state index >= 15 is 0 Å². The number of aryl methyl sites for hydroxylation is 1. The number of anilines is 1. The number of non-ortho nitro benzene ring substituents is 1. The second kappa shape index (κ2) is 7.66. The van der Waals surface area contributed by atoms with Crippen molar-refractivity contribution in [2.45, 2.75) is 13.8 Å². The molecule has 0 aliphatic carbocycles. The van der Waals surface area contributed by atoms with E-state index in [-0.39, 0.29) is 11.4 Å². The maximum Gasteiger partial charge on any atom is 0.287 e. The monoisotopic (exact) mass is 380 g/mol. The summed E-state index contributed by atoms with van der Waals surface area (Å²) in [7, 11) is 0. The van der Waals surface area contributed by atoms with Gasteiger partial charge in [0.1, 0.15) is 12.0 Å².